The van der Waals surface area contributed by atoms with Crippen molar-refractivity contribution in [3.8, 4) is 0 Å². The van der Waals surface area contributed by atoms with Gasteiger partial charge in [0.15, 0.2) is 0 Å². The number of piperazine rings is 1. The van der Waals surface area contributed by atoms with E-state index in [2.05, 4.69) is 17.3 Å². The van der Waals surface area contributed by atoms with Gasteiger partial charge in [0.25, 0.3) is 0 Å². The molecule has 3 heteroatoms. The molecule has 45 valence electrons. The number of hydrogen-bond donors (Lipinski definition) is 0. The molecule has 0 N–H and O–H groups in total. The number of likely N-dealkylation sites (N-methyl/N-ethyl adjacent to an activating group) is 1. The second kappa shape index (κ2) is 5.17. The molecule has 0 amide bonds. The molecule has 0 atom stereocenters. The third-order valence-corrected chi connectivity index (χ3v) is 1.28. The van der Waals surface area contributed by atoms with Gasteiger partial charge in [-0.1, -0.05) is 0 Å². The van der Waals surface area contributed by atoms with Crippen molar-refractivity contribution in [2.45, 2.75) is 0 Å². The van der Waals surface area contributed by atoms with E-state index in [-0.39, 0.29) is 44.1 Å². The van der Waals surface area contributed by atoms with Crippen LogP contribution in [0.3, 0.4) is 0 Å². The van der Waals surface area contributed by atoms with Crippen molar-refractivity contribution in [2.24, 2.45) is 0 Å². The Bertz CT molecular complexity index is 52.4. The molecule has 8 heavy (non-hydrogen) atoms. The van der Waals surface area contributed by atoms with Crippen molar-refractivity contribution in [1.82, 2.24) is 4.90 Å². The summed E-state index contributed by atoms with van der Waals surface area (Å²) < 4.78 is 0. The fraction of sp³-hybridized carbons (Fsp3) is 1.00. The van der Waals surface area contributed by atoms with Crippen molar-refractivity contribution in [2.75, 3.05) is 33.2 Å². The van der Waals surface area contributed by atoms with Crippen LogP contribution in [-0.2, 0) is 0 Å². The predicted molar refractivity (Wildman–Crippen MR) is 30.6 cm³/mol. The summed E-state index contributed by atoms with van der Waals surface area (Å²) in [6, 6.07) is 0. The Morgan fingerprint density at radius 2 is 1.75 bits per heavy atom. The molecule has 1 heterocycles. The van der Waals surface area contributed by atoms with Gasteiger partial charge in [0.2, 0.25) is 0 Å². The van der Waals surface area contributed by atoms with Crippen LogP contribution in [0.25, 0.3) is 5.32 Å². The predicted octanol–water partition coefficient (Wildman–Crippen LogP) is 0.305. The molecule has 0 unspecified atom stereocenters. The summed E-state index contributed by atoms with van der Waals surface area (Å²) in [7, 11) is 2.13. The van der Waals surface area contributed by atoms with Crippen molar-refractivity contribution < 1.29 is 44.1 Å². The Labute approximate surface area is 86.6 Å². The molecular formula is C5H11AcN2-. The normalized spacial score (nSPS) is 22.1. The average molecular weight is 326 g/mol. The van der Waals surface area contributed by atoms with Gasteiger partial charge in [0.05, 0.1) is 0 Å². The van der Waals surface area contributed by atoms with Gasteiger partial charge in [-0.15, -0.1) is 13.1 Å². The first kappa shape index (κ1) is 9.36. The van der Waals surface area contributed by atoms with Gasteiger partial charge in [-0.05, 0) is 20.1 Å². The molecule has 1 rings (SSSR count). The Kier molecular flexibility index (Phi) is 6.05. The molecular weight excluding hydrogens is 315 g/mol. The minimum Gasteiger partial charge on any atom is -0.660 e. The molecule has 1 radical (unpaired) electrons. The minimum absolute atomic E-state index is 0. The van der Waals surface area contributed by atoms with Crippen molar-refractivity contribution in [3.05, 3.63) is 5.32 Å². The third kappa shape index (κ3) is 3.40. The molecule has 1 aliphatic rings. The second-order valence-corrected chi connectivity index (χ2v) is 1.97. The molecule has 0 bridgehead atoms. The van der Waals surface area contributed by atoms with E-state index in [0.717, 1.165) is 26.2 Å². The van der Waals surface area contributed by atoms with Gasteiger partial charge in [0, 0.05) is 44.1 Å². The second-order valence-electron chi connectivity index (χ2n) is 1.97. The monoisotopic (exact) mass is 326 g/mol. The average Bonchev–Trinajstić information content (AvgIpc) is 1.69. The Hall–Kier alpha value is 1.36. The van der Waals surface area contributed by atoms with E-state index in [4.69, 9.17) is 0 Å². The van der Waals surface area contributed by atoms with Crippen molar-refractivity contribution >= 4 is 0 Å². The summed E-state index contributed by atoms with van der Waals surface area (Å²) in [6.07, 6.45) is 0. The summed E-state index contributed by atoms with van der Waals surface area (Å²) in [5.41, 5.74) is 0. The van der Waals surface area contributed by atoms with Crippen LogP contribution in [0, 0.1) is 44.1 Å². The van der Waals surface area contributed by atoms with Crippen molar-refractivity contribution in [1.29, 1.82) is 0 Å². The van der Waals surface area contributed by atoms with Crippen LogP contribution in [-0.4, -0.2) is 38.1 Å². The summed E-state index contributed by atoms with van der Waals surface area (Å²) in [5.74, 6) is 0. The van der Waals surface area contributed by atoms with Gasteiger partial charge < -0.3 is 10.2 Å². The molecule has 0 aromatic carbocycles. The Balaban J connectivity index is 0.000000490. The van der Waals surface area contributed by atoms with Gasteiger partial charge in [-0.3, -0.25) is 0 Å². The SMILES string of the molecule is CN1CC[N-]CC1.[Ac]. The molecule has 0 aliphatic carbocycles. The van der Waals surface area contributed by atoms with Crippen LogP contribution in [0.2, 0.25) is 0 Å². The van der Waals surface area contributed by atoms with Gasteiger partial charge in [0.1, 0.15) is 0 Å². The first-order chi connectivity index (χ1) is 3.39. The maximum absolute atomic E-state index is 4.19. The molecule has 0 saturated carbocycles. The number of rotatable bonds is 0. The zero-order valence-electron chi connectivity index (χ0n) is 5.30. The molecule has 0 aromatic rings. The molecule has 1 fully saturated rings. The molecule has 1 saturated heterocycles. The van der Waals surface area contributed by atoms with Gasteiger partial charge in [-0.2, -0.15) is 0 Å². The summed E-state index contributed by atoms with van der Waals surface area (Å²) >= 11 is 0. The minimum atomic E-state index is 0. The maximum atomic E-state index is 4.19. The zero-order chi connectivity index (χ0) is 5.11. The summed E-state index contributed by atoms with van der Waals surface area (Å²) in [5, 5.41) is 4.19. The van der Waals surface area contributed by atoms with Crippen LogP contribution in [0.15, 0.2) is 0 Å². The summed E-state index contributed by atoms with van der Waals surface area (Å²) in [6.45, 7) is 4.38. The molecule has 0 spiro atoms. The Morgan fingerprint density at radius 1 is 1.25 bits per heavy atom. The summed E-state index contributed by atoms with van der Waals surface area (Å²) in [4.78, 5) is 2.30. The van der Waals surface area contributed by atoms with E-state index >= 15 is 0 Å². The maximum Gasteiger partial charge on any atom is 0 e. The van der Waals surface area contributed by atoms with Crippen LogP contribution in [0.4, 0.5) is 0 Å². The van der Waals surface area contributed by atoms with Crippen LogP contribution in [0.5, 0.6) is 0 Å². The zero-order valence-corrected chi connectivity index (χ0v) is 10.0. The van der Waals surface area contributed by atoms with Crippen LogP contribution in [0.1, 0.15) is 0 Å². The first-order valence-corrected chi connectivity index (χ1v) is 2.71. The van der Waals surface area contributed by atoms with E-state index in [1.165, 1.54) is 0 Å². The topological polar surface area (TPSA) is 17.3 Å². The Morgan fingerprint density at radius 3 is 2.00 bits per heavy atom. The van der Waals surface area contributed by atoms with Gasteiger partial charge >= 0.3 is 0 Å². The first-order valence-electron chi connectivity index (χ1n) is 2.71. The van der Waals surface area contributed by atoms with Crippen LogP contribution < -0.4 is 0 Å². The third-order valence-electron chi connectivity index (χ3n) is 1.28. The molecule has 0 aromatic heterocycles. The van der Waals surface area contributed by atoms with Crippen molar-refractivity contribution in [3.63, 3.8) is 0 Å². The van der Waals surface area contributed by atoms with Gasteiger partial charge in [-0.25, -0.2) is 0 Å². The van der Waals surface area contributed by atoms with E-state index in [9.17, 15) is 0 Å². The number of nitrogens with zero attached hydrogens (tertiary/aromatic N) is 2. The molecule has 2 nitrogen and oxygen atoms in total. The van der Waals surface area contributed by atoms with E-state index in [1.54, 1.807) is 0 Å². The fourth-order valence-corrected chi connectivity index (χ4v) is 0.706. The quantitative estimate of drug-likeness (QED) is 0.626. The standard InChI is InChI=1S/C5H11N2.Ac/c1-7-4-2-6-3-5-7;/h2-5H2,1H3;/q-1;. The largest absolute Gasteiger partial charge is 0.660 e. The molecule has 1 aliphatic heterocycles. The van der Waals surface area contributed by atoms with E-state index in [0.29, 0.717) is 0 Å². The van der Waals surface area contributed by atoms with E-state index in [1.807, 2.05) is 0 Å². The van der Waals surface area contributed by atoms with E-state index < -0.39 is 0 Å². The number of hydrogen-bond acceptors (Lipinski definition) is 1. The smallest absolute Gasteiger partial charge is 0 e. The van der Waals surface area contributed by atoms with Crippen LogP contribution >= 0.6 is 0 Å². The fourth-order valence-electron chi connectivity index (χ4n) is 0.706.